The molecule has 0 N–H and O–H groups in total. The van der Waals surface area contributed by atoms with E-state index in [1.807, 2.05) is 30.5 Å². The number of carbonyl (C=O) groups excluding carboxylic acids is 1. The maximum Gasteiger partial charge on any atom is 0.267 e. The number of thioether (sulfide) groups is 1. The molecule has 0 bridgehead atoms. The van der Waals surface area contributed by atoms with Crippen LogP contribution in [0.15, 0.2) is 46.1 Å². The topological polar surface area (TPSA) is 89.3 Å². The zero-order chi connectivity index (χ0) is 19.6. The Morgan fingerprint density at radius 1 is 1.26 bits per heavy atom. The molecule has 144 valence electrons. The Hall–Kier alpha value is -2.13. The average molecular weight is 408 g/mol. The van der Waals surface area contributed by atoms with Gasteiger partial charge in [-0.25, -0.2) is 13.1 Å². The number of aromatic nitrogens is 2. The predicted octanol–water partition coefficient (Wildman–Crippen LogP) is 1.28. The van der Waals surface area contributed by atoms with E-state index in [2.05, 4.69) is 5.10 Å². The van der Waals surface area contributed by atoms with Gasteiger partial charge in [0.2, 0.25) is 5.91 Å². The number of sulfone groups is 1. The number of hydrogen-bond donors (Lipinski definition) is 0. The van der Waals surface area contributed by atoms with Crippen molar-refractivity contribution in [1.29, 1.82) is 0 Å². The van der Waals surface area contributed by atoms with Crippen molar-refractivity contribution in [2.75, 3.05) is 24.8 Å². The second kappa shape index (κ2) is 7.85. The molecule has 1 aliphatic heterocycles. The van der Waals surface area contributed by atoms with Gasteiger partial charge in [-0.05, 0) is 30.9 Å². The Kier molecular flexibility index (Phi) is 5.71. The number of likely N-dealkylation sites (N-methyl/N-ethyl adjacent to an activating group) is 1. The van der Waals surface area contributed by atoms with Crippen LogP contribution in [0.4, 0.5) is 0 Å². The summed E-state index contributed by atoms with van der Waals surface area (Å²) in [5, 5.41) is 4.31. The number of nitrogens with zero attached hydrogens (tertiary/aromatic N) is 3. The number of hydrogen-bond acceptors (Lipinski definition) is 6. The summed E-state index contributed by atoms with van der Waals surface area (Å²) in [7, 11) is -1.51. The molecular weight excluding hydrogens is 386 g/mol. The van der Waals surface area contributed by atoms with Gasteiger partial charge in [0.25, 0.3) is 5.56 Å². The van der Waals surface area contributed by atoms with E-state index in [1.54, 1.807) is 24.9 Å². The fraction of sp³-hybridized carbons (Fsp3) is 0.389. The van der Waals surface area contributed by atoms with Gasteiger partial charge < -0.3 is 4.90 Å². The second-order valence-corrected chi connectivity index (χ2v) is 9.61. The van der Waals surface area contributed by atoms with Crippen molar-refractivity contribution < 1.29 is 13.2 Å². The molecule has 1 aromatic carbocycles. The first-order valence-electron chi connectivity index (χ1n) is 8.48. The lowest BCUT2D eigenvalue weighted by Gasteiger charge is -2.23. The molecule has 7 nitrogen and oxygen atoms in total. The summed E-state index contributed by atoms with van der Waals surface area (Å²) in [5.74, 6) is -0.268. The fourth-order valence-corrected chi connectivity index (χ4v) is 5.18. The van der Waals surface area contributed by atoms with E-state index in [0.29, 0.717) is 12.1 Å². The highest BCUT2D eigenvalue weighted by Crippen LogP contribution is 2.21. The first kappa shape index (κ1) is 19.6. The van der Waals surface area contributed by atoms with E-state index >= 15 is 0 Å². The molecule has 2 heterocycles. The van der Waals surface area contributed by atoms with E-state index in [1.165, 1.54) is 11.0 Å². The van der Waals surface area contributed by atoms with Gasteiger partial charge in [0, 0.05) is 29.6 Å². The van der Waals surface area contributed by atoms with Gasteiger partial charge in [0.05, 0.1) is 17.2 Å². The third kappa shape index (κ3) is 4.59. The molecule has 0 radical (unpaired) electrons. The van der Waals surface area contributed by atoms with Gasteiger partial charge in [0.15, 0.2) is 9.84 Å². The van der Waals surface area contributed by atoms with E-state index in [-0.39, 0.29) is 35.6 Å². The lowest BCUT2D eigenvalue weighted by Crippen LogP contribution is -2.41. The molecule has 1 amide bonds. The van der Waals surface area contributed by atoms with Crippen molar-refractivity contribution in [3.05, 3.63) is 46.8 Å². The van der Waals surface area contributed by atoms with E-state index in [0.717, 1.165) is 15.1 Å². The van der Waals surface area contributed by atoms with Crippen molar-refractivity contribution in [3.63, 3.8) is 0 Å². The zero-order valence-electron chi connectivity index (χ0n) is 15.2. The lowest BCUT2D eigenvalue weighted by atomic mass is 10.1. The van der Waals surface area contributed by atoms with Crippen LogP contribution in [0.3, 0.4) is 0 Å². The van der Waals surface area contributed by atoms with Crippen LogP contribution in [-0.4, -0.2) is 59.9 Å². The SMILES string of the molecule is CSc1ccc(-c2ccc(=O)n(CC(=O)N(C)[C@H]3CCS(=O)(=O)C3)n2)cc1. The fourth-order valence-electron chi connectivity index (χ4n) is 3.00. The molecule has 0 saturated carbocycles. The van der Waals surface area contributed by atoms with Crippen molar-refractivity contribution in [2.45, 2.75) is 23.9 Å². The van der Waals surface area contributed by atoms with Gasteiger partial charge in [-0.15, -0.1) is 11.8 Å². The molecule has 0 unspecified atom stereocenters. The Balaban J connectivity index is 1.78. The summed E-state index contributed by atoms with van der Waals surface area (Å²) in [6.45, 7) is -0.220. The monoisotopic (exact) mass is 407 g/mol. The molecule has 3 rings (SSSR count). The van der Waals surface area contributed by atoms with Gasteiger partial charge in [-0.3, -0.25) is 9.59 Å². The zero-order valence-corrected chi connectivity index (χ0v) is 16.8. The van der Waals surface area contributed by atoms with Crippen LogP contribution in [-0.2, 0) is 21.2 Å². The first-order chi connectivity index (χ1) is 12.8. The highest BCUT2D eigenvalue weighted by atomic mass is 32.2. The summed E-state index contributed by atoms with van der Waals surface area (Å²) in [5.41, 5.74) is 1.07. The molecule has 1 atom stereocenters. The maximum absolute atomic E-state index is 12.5. The molecule has 1 aromatic heterocycles. The third-order valence-corrected chi connectivity index (χ3v) is 7.18. The number of benzene rings is 1. The van der Waals surface area contributed by atoms with Crippen LogP contribution < -0.4 is 5.56 Å². The van der Waals surface area contributed by atoms with Gasteiger partial charge in [-0.2, -0.15) is 5.10 Å². The Morgan fingerprint density at radius 3 is 2.56 bits per heavy atom. The van der Waals surface area contributed by atoms with Gasteiger partial charge in [-0.1, -0.05) is 12.1 Å². The standard InChI is InChI=1S/C18H21N3O4S2/c1-20(14-9-10-27(24,25)12-14)18(23)11-21-17(22)8-7-16(19-21)13-3-5-15(26-2)6-4-13/h3-8,14H,9-12H2,1-2H3/t14-/m0/s1. The van der Waals surface area contributed by atoms with E-state index in [4.69, 9.17) is 0 Å². The normalized spacial score (nSPS) is 18.4. The highest BCUT2D eigenvalue weighted by Gasteiger charge is 2.32. The molecule has 0 spiro atoms. The van der Waals surface area contributed by atoms with Crippen LogP contribution in [0.1, 0.15) is 6.42 Å². The Morgan fingerprint density at radius 2 is 1.96 bits per heavy atom. The predicted molar refractivity (Wildman–Crippen MR) is 106 cm³/mol. The smallest absolute Gasteiger partial charge is 0.267 e. The first-order valence-corrected chi connectivity index (χ1v) is 11.5. The third-order valence-electron chi connectivity index (χ3n) is 4.69. The molecule has 9 heteroatoms. The van der Waals surface area contributed by atoms with Crippen LogP contribution >= 0.6 is 11.8 Å². The van der Waals surface area contributed by atoms with Gasteiger partial charge in [0.1, 0.15) is 6.54 Å². The number of carbonyl (C=O) groups is 1. The minimum atomic E-state index is -3.08. The minimum Gasteiger partial charge on any atom is -0.340 e. The number of rotatable bonds is 5. The van der Waals surface area contributed by atoms with Crippen molar-refractivity contribution >= 4 is 27.5 Å². The molecule has 1 saturated heterocycles. The van der Waals surface area contributed by atoms with Crippen molar-refractivity contribution in [1.82, 2.24) is 14.7 Å². The largest absolute Gasteiger partial charge is 0.340 e. The molecule has 1 aliphatic rings. The maximum atomic E-state index is 12.5. The van der Waals surface area contributed by atoms with Crippen LogP contribution in [0.5, 0.6) is 0 Å². The van der Waals surface area contributed by atoms with Crippen LogP contribution in [0.2, 0.25) is 0 Å². The highest BCUT2D eigenvalue weighted by molar-refractivity contribution is 7.98. The molecule has 27 heavy (non-hydrogen) atoms. The lowest BCUT2D eigenvalue weighted by molar-refractivity contribution is -0.132. The van der Waals surface area contributed by atoms with E-state index < -0.39 is 9.84 Å². The molecule has 0 aliphatic carbocycles. The van der Waals surface area contributed by atoms with Crippen LogP contribution in [0.25, 0.3) is 11.3 Å². The van der Waals surface area contributed by atoms with Gasteiger partial charge >= 0.3 is 0 Å². The van der Waals surface area contributed by atoms with Crippen molar-refractivity contribution in [3.8, 4) is 11.3 Å². The summed E-state index contributed by atoms with van der Waals surface area (Å²) in [6, 6.07) is 10.4. The number of amides is 1. The van der Waals surface area contributed by atoms with E-state index in [9.17, 15) is 18.0 Å². The summed E-state index contributed by atoms with van der Waals surface area (Å²) < 4.78 is 24.4. The van der Waals surface area contributed by atoms with Crippen LogP contribution in [0, 0.1) is 0 Å². The summed E-state index contributed by atoms with van der Waals surface area (Å²) in [6.07, 6.45) is 2.42. The van der Waals surface area contributed by atoms with Crippen molar-refractivity contribution in [2.24, 2.45) is 0 Å². The minimum absolute atomic E-state index is 0.0284. The Labute approximate surface area is 162 Å². The molecule has 2 aromatic rings. The summed E-state index contributed by atoms with van der Waals surface area (Å²) >= 11 is 1.63. The molecular formula is C18H21N3O4S2. The Bertz CT molecular complexity index is 1000. The average Bonchev–Trinajstić information content (AvgIpc) is 3.02. The second-order valence-electron chi connectivity index (χ2n) is 6.50. The quantitative estimate of drug-likeness (QED) is 0.694. The summed E-state index contributed by atoms with van der Waals surface area (Å²) in [4.78, 5) is 27.2. The molecule has 1 fully saturated rings.